The SMILES string of the molecule is CC(CO)c1cccc(-c2nc(Cl)ncc2-c2ccc3ccoc3c2)c1. The van der Waals surface area contributed by atoms with Crippen LogP contribution in [0.3, 0.4) is 0 Å². The summed E-state index contributed by atoms with van der Waals surface area (Å²) in [5, 5.41) is 10.7. The van der Waals surface area contributed by atoms with E-state index >= 15 is 0 Å². The molecule has 0 saturated heterocycles. The van der Waals surface area contributed by atoms with E-state index in [1.807, 2.05) is 55.5 Å². The molecule has 0 bridgehead atoms. The lowest BCUT2D eigenvalue weighted by Gasteiger charge is -2.13. The van der Waals surface area contributed by atoms with Crippen LogP contribution in [0, 0.1) is 0 Å². The maximum absolute atomic E-state index is 9.45. The number of fused-ring (bicyclic) bond motifs is 1. The van der Waals surface area contributed by atoms with E-state index in [1.165, 1.54) is 0 Å². The molecule has 2 heterocycles. The summed E-state index contributed by atoms with van der Waals surface area (Å²) in [5.74, 6) is 0.0511. The molecular weight excluding hydrogens is 348 g/mol. The van der Waals surface area contributed by atoms with Gasteiger partial charge in [-0.3, -0.25) is 0 Å². The predicted molar refractivity (Wildman–Crippen MR) is 103 cm³/mol. The largest absolute Gasteiger partial charge is 0.464 e. The number of hydrogen-bond donors (Lipinski definition) is 1. The molecular formula is C21H17ClN2O2. The molecule has 2 aromatic carbocycles. The van der Waals surface area contributed by atoms with Gasteiger partial charge in [0.05, 0.1) is 12.0 Å². The van der Waals surface area contributed by atoms with Crippen molar-refractivity contribution in [2.45, 2.75) is 12.8 Å². The lowest BCUT2D eigenvalue weighted by atomic mass is 9.95. The minimum atomic E-state index is 0.0511. The van der Waals surface area contributed by atoms with Crippen molar-refractivity contribution in [1.29, 1.82) is 0 Å². The van der Waals surface area contributed by atoms with Crippen LogP contribution in [0.1, 0.15) is 18.4 Å². The topological polar surface area (TPSA) is 59.2 Å². The molecule has 130 valence electrons. The number of aromatic nitrogens is 2. The molecule has 5 heteroatoms. The van der Waals surface area contributed by atoms with Crippen LogP contribution in [0.25, 0.3) is 33.4 Å². The lowest BCUT2D eigenvalue weighted by Crippen LogP contribution is -1.99. The van der Waals surface area contributed by atoms with E-state index in [0.717, 1.165) is 38.9 Å². The summed E-state index contributed by atoms with van der Waals surface area (Å²) in [4.78, 5) is 8.64. The van der Waals surface area contributed by atoms with Crippen molar-refractivity contribution in [2.75, 3.05) is 6.61 Å². The molecule has 0 aliphatic carbocycles. The van der Waals surface area contributed by atoms with E-state index in [4.69, 9.17) is 16.0 Å². The van der Waals surface area contributed by atoms with Crippen molar-refractivity contribution in [2.24, 2.45) is 0 Å². The summed E-state index contributed by atoms with van der Waals surface area (Å²) < 4.78 is 5.52. The van der Waals surface area contributed by atoms with Gasteiger partial charge in [-0.15, -0.1) is 0 Å². The van der Waals surface area contributed by atoms with E-state index in [2.05, 4.69) is 9.97 Å². The monoisotopic (exact) mass is 364 g/mol. The first-order valence-corrected chi connectivity index (χ1v) is 8.75. The second kappa shape index (κ2) is 6.90. The predicted octanol–water partition coefficient (Wildman–Crippen LogP) is 5.31. The Bertz CT molecular complexity index is 1070. The van der Waals surface area contributed by atoms with E-state index < -0.39 is 0 Å². The molecule has 0 radical (unpaired) electrons. The van der Waals surface area contributed by atoms with E-state index in [1.54, 1.807) is 12.5 Å². The molecule has 0 aliphatic heterocycles. The maximum Gasteiger partial charge on any atom is 0.222 e. The Morgan fingerprint density at radius 3 is 2.85 bits per heavy atom. The second-order valence-electron chi connectivity index (χ2n) is 6.28. The zero-order valence-corrected chi connectivity index (χ0v) is 14.9. The Morgan fingerprint density at radius 2 is 2.00 bits per heavy atom. The van der Waals surface area contributed by atoms with Crippen LogP contribution in [0.5, 0.6) is 0 Å². The van der Waals surface area contributed by atoms with Crippen molar-refractivity contribution < 1.29 is 9.52 Å². The molecule has 2 aromatic heterocycles. The number of furan rings is 1. The van der Waals surface area contributed by atoms with Crippen molar-refractivity contribution in [1.82, 2.24) is 9.97 Å². The van der Waals surface area contributed by atoms with Gasteiger partial charge >= 0.3 is 0 Å². The number of aliphatic hydroxyl groups is 1. The highest BCUT2D eigenvalue weighted by Crippen LogP contribution is 2.33. The molecule has 4 nitrogen and oxygen atoms in total. The highest BCUT2D eigenvalue weighted by atomic mass is 35.5. The molecule has 0 saturated carbocycles. The minimum Gasteiger partial charge on any atom is -0.464 e. The van der Waals surface area contributed by atoms with Gasteiger partial charge in [0, 0.05) is 35.2 Å². The Balaban J connectivity index is 1.88. The summed E-state index contributed by atoms with van der Waals surface area (Å²) in [5.41, 5.74) is 5.38. The quantitative estimate of drug-likeness (QED) is 0.499. The van der Waals surface area contributed by atoms with Crippen LogP contribution in [0.4, 0.5) is 0 Å². The van der Waals surface area contributed by atoms with Crippen molar-refractivity contribution in [3.05, 3.63) is 71.8 Å². The molecule has 4 aromatic rings. The number of nitrogens with zero attached hydrogens (tertiary/aromatic N) is 2. The van der Waals surface area contributed by atoms with Crippen LogP contribution in [-0.4, -0.2) is 21.7 Å². The molecule has 1 atom stereocenters. The van der Waals surface area contributed by atoms with E-state index in [0.29, 0.717) is 0 Å². The Kier molecular flexibility index (Phi) is 4.45. The maximum atomic E-state index is 9.45. The number of hydrogen-bond acceptors (Lipinski definition) is 4. The van der Waals surface area contributed by atoms with Crippen molar-refractivity contribution >= 4 is 22.6 Å². The van der Waals surface area contributed by atoms with Crippen LogP contribution in [0.2, 0.25) is 5.28 Å². The van der Waals surface area contributed by atoms with Gasteiger partial charge in [0.25, 0.3) is 0 Å². The molecule has 26 heavy (non-hydrogen) atoms. The molecule has 0 aliphatic rings. The fourth-order valence-corrected chi connectivity index (χ4v) is 3.15. The molecule has 1 N–H and O–H groups in total. The third-order valence-corrected chi connectivity index (χ3v) is 4.71. The Morgan fingerprint density at radius 1 is 1.12 bits per heavy atom. The highest BCUT2D eigenvalue weighted by molar-refractivity contribution is 6.28. The fourth-order valence-electron chi connectivity index (χ4n) is 3.01. The Hall–Kier alpha value is -2.69. The number of halogens is 1. The van der Waals surface area contributed by atoms with Gasteiger partial charge < -0.3 is 9.52 Å². The number of benzene rings is 2. The van der Waals surface area contributed by atoms with Gasteiger partial charge in [-0.05, 0) is 40.9 Å². The summed E-state index contributed by atoms with van der Waals surface area (Å²) in [6.07, 6.45) is 3.41. The average molecular weight is 365 g/mol. The second-order valence-corrected chi connectivity index (χ2v) is 6.62. The van der Waals surface area contributed by atoms with E-state index in [9.17, 15) is 5.11 Å². The normalized spacial score (nSPS) is 12.4. The standard InChI is InChI=1S/C21H17ClN2O2/c1-13(12-25)15-3-2-4-17(9-15)20-18(11-23-21(22)24-20)16-6-5-14-7-8-26-19(14)10-16/h2-11,13,25H,12H2,1H3. The van der Waals surface area contributed by atoms with Gasteiger partial charge in [0.2, 0.25) is 5.28 Å². The fraction of sp³-hybridized carbons (Fsp3) is 0.143. The summed E-state index contributed by atoms with van der Waals surface area (Å²) in [6, 6.07) is 15.9. The first kappa shape index (κ1) is 16.8. The first-order valence-electron chi connectivity index (χ1n) is 8.37. The zero-order valence-electron chi connectivity index (χ0n) is 14.2. The average Bonchev–Trinajstić information content (AvgIpc) is 3.15. The summed E-state index contributed by atoms with van der Waals surface area (Å²) in [6.45, 7) is 2.08. The van der Waals surface area contributed by atoms with Crippen LogP contribution in [-0.2, 0) is 0 Å². The molecule has 4 rings (SSSR count). The summed E-state index contributed by atoms with van der Waals surface area (Å²) >= 11 is 6.08. The van der Waals surface area contributed by atoms with Crippen LogP contribution in [0.15, 0.2) is 65.4 Å². The van der Waals surface area contributed by atoms with E-state index in [-0.39, 0.29) is 17.8 Å². The van der Waals surface area contributed by atoms with Crippen molar-refractivity contribution in [3.63, 3.8) is 0 Å². The van der Waals surface area contributed by atoms with Crippen molar-refractivity contribution in [3.8, 4) is 22.4 Å². The minimum absolute atomic E-state index is 0.0511. The first-order chi connectivity index (χ1) is 12.7. The molecule has 0 fully saturated rings. The highest BCUT2D eigenvalue weighted by Gasteiger charge is 2.14. The smallest absolute Gasteiger partial charge is 0.222 e. The Labute approximate surface area is 156 Å². The van der Waals surface area contributed by atoms with Crippen LogP contribution < -0.4 is 0 Å². The number of aliphatic hydroxyl groups excluding tert-OH is 1. The summed E-state index contributed by atoms with van der Waals surface area (Å²) in [7, 11) is 0. The van der Waals surface area contributed by atoms with Gasteiger partial charge in [0.15, 0.2) is 0 Å². The molecule has 0 amide bonds. The molecule has 0 spiro atoms. The lowest BCUT2D eigenvalue weighted by molar-refractivity contribution is 0.273. The third kappa shape index (κ3) is 3.09. The van der Waals surface area contributed by atoms with Gasteiger partial charge in [-0.2, -0.15) is 0 Å². The molecule has 1 unspecified atom stereocenters. The van der Waals surface area contributed by atoms with Gasteiger partial charge in [-0.25, -0.2) is 9.97 Å². The van der Waals surface area contributed by atoms with Gasteiger partial charge in [-0.1, -0.05) is 37.3 Å². The zero-order chi connectivity index (χ0) is 18.1. The van der Waals surface area contributed by atoms with Gasteiger partial charge in [0.1, 0.15) is 5.58 Å². The van der Waals surface area contributed by atoms with Crippen LogP contribution >= 0.6 is 11.6 Å². The third-order valence-electron chi connectivity index (χ3n) is 4.53. The number of rotatable bonds is 4.